The smallest absolute Gasteiger partial charge is 0.262 e. The van der Waals surface area contributed by atoms with Gasteiger partial charge in [-0.25, -0.2) is 13.4 Å². The molecule has 1 aromatic rings. The highest BCUT2D eigenvalue weighted by Crippen LogP contribution is 2.17. The number of nitrogens with zero attached hydrogens (tertiary/aromatic N) is 4. The highest BCUT2D eigenvalue weighted by atomic mass is 32.2. The third-order valence-corrected chi connectivity index (χ3v) is 5.26. The van der Waals surface area contributed by atoms with Crippen LogP contribution in [0.2, 0.25) is 0 Å². The van der Waals surface area contributed by atoms with Gasteiger partial charge in [0.15, 0.2) is 5.03 Å². The molecule has 0 spiro atoms. The fourth-order valence-electron chi connectivity index (χ4n) is 2.23. The Kier molecular flexibility index (Phi) is 4.27. The summed E-state index contributed by atoms with van der Waals surface area (Å²) in [6, 6.07) is 0. The van der Waals surface area contributed by atoms with Crippen molar-refractivity contribution in [2.75, 3.05) is 33.2 Å². The van der Waals surface area contributed by atoms with Gasteiger partial charge in [0.25, 0.3) is 10.0 Å². The number of sulfonamides is 1. The number of aryl methyl sites for hydroxylation is 2. The quantitative estimate of drug-likeness (QED) is 0.810. The van der Waals surface area contributed by atoms with E-state index in [-0.39, 0.29) is 5.03 Å². The Morgan fingerprint density at radius 2 is 1.89 bits per heavy atom. The Balaban J connectivity index is 2.22. The molecule has 0 radical (unpaired) electrons. The maximum atomic E-state index is 12.5. The van der Waals surface area contributed by atoms with Crippen molar-refractivity contribution in [2.45, 2.75) is 31.8 Å². The lowest BCUT2D eigenvalue weighted by molar-refractivity contribution is 0.222. The van der Waals surface area contributed by atoms with Crippen LogP contribution in [0.15, 0.2) is 11.2 Å². The molecule has 0 atom stereocenters. The maximum absolute atomic E-state index is 12.5. The van der Waals surface area contributed by atoms with Crippen molar-refractivity contribution >= 4 is 10.0 Å². The SMILES string of the molecule is CCCn1cc(S(=O)(=O)N2CCN(C)CC2)nc1C. The minimum absolute atomic E-state index is 0.183. The molecule has 0 bridgehead atoms. The van der Waals surface area contributed by atoms with Crippen LogP contribution < -0.4 is 0 Å². The molecule has 0 aliphatic carbocycles. The largest absolute Gasteiger partial charge is 0.334 e. The van der Waals surface area contributed by atoms with Crippen LogP contribution in [0.1, 0.15) is 19.2 Å². The maximum Gasteiger partial charge on any atom is 0.262 e. The van der Waals surface area contributed by atoms with Gasteiger partial charge in [0.1, 0.15) is 5.82 Å². The molecule has 7 heteroatoms. The Morgan fingerprint density at radius 1 is 1.26 bits per heavy atom. The number of hydrogen-bond acceptors (Lipinski definition) is 4. The molecule has 2 rings (SSSR count). The molecule has 6 nitrogen and oxygen atoms in total. The third kappa shape index (κ3) is 2.98. The molecule has 1 aromatic heterocycles. The van der Waals surface area contributed by atoms with Crippen LogP contribution in [0.5, 0.6) is 0 Å². The lowest BCUT2D eigenvalue weighted by atomic mass is 10.4. The molecule has 0 unspecified atom stereocenters. The van der Waals surface area contributed by atoms with E-state index in [1.807, 2.05) is 18.5 Å². The Labute approximate surface area is 115 Å². The Hall–Kier alpha value is -0.920. The van der Waals surface area contributed by atoms with Crippen molar-refractivity contribution in [3.05, 3.63) is 12.0 Å². The van der Waals surface area contributed by atoms with E-state index in [9.17, 15) is 8.42 Å². The Bertz CT molecular complexity index is 530. The molecular weight excluding hydrogens is 264 g/mol. The number of aromatic nitrogens is 2. The highest BCUT2D eigenvalue weighted by Gasteiger charge is 2.29. The summed E-state index contributed by atoms with van der Waals surface area (Å²) in [6.07, 6.45) is 2.62. The lowest BCUT2D eigenvalue weighted by Crippen LogP contribution is -2.47. The zero-order valence-corrected chi connectivity index (χ0v) is 12.7. The van der Waals surface area contributed by atoms with Gasteiger partial charge in [-0.05, 0) is 20.4 Å². The number of imidazole rings is 1. The monoisotopic (exact) mass is 286 g/mol. The van der Waals surface area contributed by atoms with Crippen LogP contribution in [0.4, 0.5) is 0 Å². The van der Waals surface area contributed by atoms with Gasteiger partial charge >= 0.3 is 0 Å². The van der Waals surface area contributed by atoms with E-state index in [4.69, 9.17) is 0 Å². The van der Waals surface area contributed by atoms with E-state index >= 15 is 0 Å². The second-order valence-corrected chi connectivity index (χ2v) is 6.91. The molecule has 108 valence electrons. The Morgan fingerprint density at radius 3 is 2.47 bits per heavy atom. The molecule has 0 saturated carbocycles. The van der Waals surface area contributed by atoms with E-state index in [1.54, 1.807) is 6.20 Å². The normalized spacial score (nSPS) is 18.9. The zero-order chi connectivity index (χ0) is 14.0. The van der Waals surface area contributed by atoms with Crippen LogP contribution in [-0.2, 0) is 16.6 Å². The van der Waals surface area contributed by atoms with E-state index in [1.165, 1.54) is 4.31 Å². The van der Waals surface area contributed by atoms with Crippen LogP contribution in [-0.4, -0.2) is 60.4 Å². The standard InChI is InChI=1S/C12H22N4O2S/c1-4-5-15-10-12(13-11(15)2)19(17,18)16-8-6-14(3)7-9-16/h10H,4-9H2,1-3H3. The lowest BCUT2D eigenvalue weighted by Gasteiger charge is -2.30. The first-order chi connectivity index (χ1) is 8.95. The zero-order valence-electron chi connectivity index (χ0n) is 11.8. The second kappa shape index (κ2) is 5.60. The van der Waals surface area contributed by atoms with Crippen molar-refractivity contribution < 1.29 is 8.42 Å². The van der Waals surface area contributed by atoms with Gasteiger partial charge in [0.2, 0.25) is 0 Å². The summed E-state index contributed by atoms with van der Waals surface area (Å²) in [5.74, 6) is 0.759. The predicted molar refractivity (Wildman–Crippen MR) is 73.5 cm³/mol. The summed E-state index contributed by atoms with van der Waals surface area (Å²) in [5.41, 5.74) is 0. The average molecular weight is 286 g/mol. The number of rotatable bonds is 4. The molecule has 1 aliphatic rings. The highest BCUT2D eigenvalue weighted by molar-refractivity contribution is 7.89. The minimum Gasteiger partial charge on any atom is -0.334 e. The van der Waals surface area contributed by atoms with Gasteiger partial charge in [-0.2, -0.15) is 4.31 Å². The number of likely N-dealkylation sites (N-methyl/N-ethyl adjacent to an activating group) is 1. The molecular formula is C12H22N4O2S. The van der Waals surface area contributed by atoms with Crippen molar-refractivity contribution in [3.8, 4) is 0 Å². The molecule has 0 aromatic carbocycles. The van der Waals surface area contributed by atoms with E-state index in [0.717, 1.165) is 31.9 Å². The summed E-state index contributed by atoms with van der Waals surface area (Å²) >= 11 is 0. The van der Waals surface area contributed by atoms with Gasteiger partial charge in [-0.1, -0.05) is 6.92 Å². The predicted octanol–water partition coefficient (Wildman–Crippen LogP) is 0.538. The first-order valence-corrected chi connectivity index (χ1v) is 8.11. The number of hydrogen-bond donors (Lipinski definition) is 0. The van der Waals surface area contributed by atoms with Gasteiger partial charge in [-0.15, -0.1) is 0 Å². The van der Waals surface area contributed by atoms with Gasteiger partial charge in [0, 0.05) is 38.9 Å². The number of piperazine rings is 1. The van der Waals surface area contributed by atoms with Crippen molar-refractivity contribution in [1.82, 2.24) is 18.8 Å². The van der Waals surface area contributed by atoms with Crippen LogP contribution in [0.3, 0.4) is 0 Å². The van der Waals surface area contributed by atoms with Crippen molar-refractivity contribution in [1.29, 1.82) is 0 Å². The molecule has 0 amide bonds. The van der Waals surface area contributed by atoms with Crippen molar-refractivity contribution in [3.63, 3.8) is 0 Å². The van der Waals surface area contributed by atoms with E-state index < -0.39 is 10.0 Å². The minimum atomic E-state index is -3.43. The van der Waals surface area contributed by atoms with E-state index in [2.05, 4.69) is 16.8 Å². The van der Waals surface area contributed by atoms with E-state index in [0.29, 0.717) is 13.1 Å². The summed E-state index contributed by atoms with van der Waals surface area (Å²) < 4.78 is 28.4. The molecule has 2 heterocycles. The van der Waals surface area contributed by atoms with Gasteiger partial charge in [-0.3, -0.25) is 0 Å². The first-order valence-electron chi connectivity index (χ1n) is 6.67. The van der Waals surface area contributed by atoms with Crippen molar-refractivity contribution in [2.24, 2.45) is 0 Å². The summed E-state index contributed by atoms with van der Waals surface area (Å²) in [4.78, 5) is 6.35. The average Bonchev–Trinajstić information content (AvgIpc) is 2.73. The topological polar surface area (TPSA) is 58.4 Å². The van der Waals surface area contributed by atoms with Crippen LogP contribution in [0.25, 0.3) is 0 Å². The van der Waals surface area contributed by atoms with Crippen LogP contribution in [0, 0.1) is 6.92 Å². The summed E-state index contributed by atoms with van der Waals surface area (Å²) in [6.45, 7) is 7.34. The fraction of sp³-hybridized carbons (Fsp3) is 0.750. The van der Waals surface area contributed by atoms with Crippen LogP contribution >= 0.6 is 0 Å². The molecule has 1 fully saturated rings. The molecule has 1 aliphatic heterocycles. The molecule has 19 heavy (non-hydrogen) atoms. The summed E-state index contributed by atoms with van der Waals surface area (Å²) in [5, 5.41) is 0.183. The molecule has 1 saturated heterocycles. The second-order valence-electron chi connectivity index (χ2n) is 5.03. The molecule has 0 N–H and O–H groups in total. The van der Waals surface area contributed by atoms with Gasteiger partial charge in [0.05, 0.1) is 0 Å². The fourth-order valence-corrected chi connectivity index (χ4v) is 3.65. The third-order valence-electron chi connectivity index (χ3n) is 3.48. The summed E-state index contributed by atoms with van der Waals surface area (Å²) in [7, 11) is -1.43. The first kappa shape index (κ1) is 14.5. The van der Waals surface area contributed by atoms with Gasteiger partial charge < -0.3 is 9.47 Å².